The van der Waals surface area contributed by atoms with Gasteiger partial charge in [0, 0.05) is 5.39 Å². The van der Waals surface area contributed by atoms with Crippen LogP contribution in [0, 0.1) is 0 Å². The molecule has 0 saturated carbocycles. The van der Waals surface area contributed by atoms with E-state index in [-0.39, 0.29) is 5.69 Å². The summed E-state index contributed by atoms with van der Waals surface area (Å²) in [5, 5.41) is 1.29. The van der Waals surface area contributed by atoms with Gasteiger partial charge in [-0.1, -0.05) is 29.8 Å². The highest BCUT2D eigenvalue weighted by atomic mass is 79.9. The highest BCUT2D eigenvalue weighted by Gasteiger charge is 2.11. The predicted octanol–water partition coefficient (Wildman–Crippen LogP) is 3.35. The van der Waals surface area contributed by atoms with E-state index in [0.717, 1.165) is 5.39 Å². The second-order valence-corrected chi connectivity index (χ2v) is 3.60. The van der Waals surface area contributed by atoms with Crippen LogP contribution in [0.1, 0.15) is 10.5 Å². The molecule has 1 aromatic heterocycles. The van der Waals surface area contributed by atoms with Gasteiger partial charge in [-0.3, -0.25) is 0 Å². The number of halogens is 2. The minimum atomic E-state index is -0.567. The van der Waals surface area contributed by atoms with Gasteiger partial charge in [0.05, 0.1) is 10.5 Å². The van der Waals surface area contributed by atoms with E-state index in [9.17, 15) is 4.79 Å². The van der Waals surface area contributed by atoms with E-state index in [1.165, 1.54) is 6.07 Å². The zero-order chi connectivity index (χ0) is 10.8. The smallest absolute Gasteiger partial charge is 0.368 e. The lowest BCUT2D eigenvalue weighted by molar-refractivity contribution is 0.0776. The summed E-state index contributed by atoms with van der Waals surface area (Å²) < 4.78 is 4.39. The lowest BCUT2D eigenvalue weighted by Crippen LogP contribution is -2.01. The van der Waals surface area contributed by atoms with E-state index in [2.05, 4.69) is 25.1 Å². The topological polar surface area (TPSA) is 39.2 Å². The minimum Gasteiger partial charge on any atom is -0.379 e. The van der Waals surface area contributed by atoms with Gasteiger partial charge in [0.15, 0.2) is 22.0 Å². The molecule has 0 aliphatic carbocycles. The van der Waals surface area contributed by atoms with E-state index in [4.69, 9.17) is 11.6 Å². The third kappa shape index (κ3) is 1.96. The lowest BCUT2D eigenvalue weighted by Gasteiger charge is -2.02. The molecular formula is C10H5BrClNO2. The van der Waals surface area contributed by atoms with Crippen molar-refractivity contribution in [2.45, 2.75) is 0 Å². The maximum absolute atomic E-state index is 11.2. The van der Waals surface area contributed by atoms with Gasteiger partial charge in [-0.15, -0.1) is 0 Å². The highest BCUT2D eigenvalue weighted by Crippen LogP contribution is 2.23. The third-order valence-corrected chi connectivity index (χ3v) is 2.55. The largest absolute Gasteiger partial charge is 0.379 e. The number of carbonyl (C=O) groups is 1. The molecule has 15 heavy (non-hydrogen) atoms. The molecule has 0 saturated heterocycles. The molecule has 1 heterocycles. The highest BCUT2D eigenvalue weighted by molar-refractivity contribution is 9.06. The quantitative estimate of drug-likeness (QED) is 0.807. The molecule has 0 bridgehead atoms. The number of aromatic nitrogens is 1. The summed E-state index contributed by atoms with van der Waals surface area (Å²) in [6.45, 7) is 0. The molecule has 0 spiro atoms. The maximum Gasteiger partial charge on any atom is 0.368 e. The normalized spacial score (nSPS) is 10.3. The first kappa shape index (κ1) is 10.4. The van der Waals surface area contributed by atoms with Gasteiger partial charge in [0.25, 0.3) is 0 Å². The van der Waals surface area contributed by atoms with Crippen molar-refractivity contribution in [2.75, 3.05) is 0 Å². The zero-order valence-corrected chi connectivity index (χ0v) is 9.75. The Morgan fingerprint density at radius 2 is 2.13 bits per heavy atom. The fraction of sp³-hybridized carbons (Fsp3) is 0. The average Bonchev–Trinajstić information content (AvgIpc) is 2.28. The Hall–Kier alpha value is -1.13. The fourth-order valence-corrected chi connectivity index (χ4v) is 1.71. The van der Waals surface area contributed by atoms with Crippen LogP contribution in [0.3, 0.4) is 0 Å². The molecule has 0 N–H and O–H groups in total. The Kier molecular flexibility index (Phi) is 2.88. The second kappa shape index (κ2) is 4.16. The Morgan fingerprint density at radius 3 is 2.87 bits per heavy atom. The molecule has 0 aliphatic heterocycles. The van der Waals surface area contributed by atoms with Gasteiger partial charge in [-0.2, -0.15) is 0 Å². The van der Waals surface area contributed by atoms with Crippen molar-refractivity contribution in [2.24, 2.45) is 0 Å². The number of pyridine rings is 1. The van der Waals surface area contributed by atoms with Gasteiger partial charge in [0.1, 0.15) is 0 Å². The van der Waals surface area contributed by atoms with Crippen molar-refractivity contribution in [1.82, 2.24) is 4.98 Å². The Morgan fingerprint density at radius 1 is 1.40 bits per heavy atom. The van der Waals surface area contributed by atoms with Gasteiger partial charge < -0.3 is 3.83 Å². The number of rotatable bonds is 1. The van der Waals surface area contributed by atoms with E-state index >= 15 is 0 Å². The van der Waals surface area contributed by atoms with Gasteiger partial charge in [0.2, 0.25) is 0 Å². The predicted molar refractivity (Wildman–Crippen MR) is 61.1 cm³/mol. The molecule has 2 aromatic rings. The molecule has 0 atom stereocenters. The summed E-state index contributed by atoms with van der Waals surface area (Å²) in [4.78, 5) is 15.3. The molecule has 2 rings (SSSR count). The van der Waals surface area contributed by atoms with Crippen LogP contribution in [0.15, 0.2) is 30.3 Å². The van der Waals surface area contributed by atoms with Crippen LogP contribution in [0.5, 0.6) is 0 Å². The summed E-state index contributed by atoms with van der Waals surface area (Å²) in [5.41, 5.74) is 0.841. The molecule has 3 nitrogen and oxygen atoms in total. The molecule has 76 valence electrons. The number of carbonyl (C=O) groups excluding carboxylic acids is 1. The second-order valence-electron chi connectivity index (χ2n) is 2.87. The maximum atomic E-state index is 11.2. The van der Waals surface area contributed by atoms with Crippen molar-refractivity contribution in [1.29, 1.82) is 0 Å². The third-order valence-electron chi connectivity index (χ3n) is 1.94. The van der Waals surface area contributed by atoms with Crippen LogP contribution in [-0.2, 0) is 3.83 Å². The van der Waals surface area contributed by atoms with Gasteiger partial charge in [-0.25, -0.2) is 9.78 Å². The lowest BCUT2D eigenvalue weighted by atomic mass is 10.2. The van der Waals surface area contributed by atoms with Gasteiger partial charge in [-0.05, 0) is 12.1 Å². The van der Waals surface area contributed by atoms with Crippen LogP contribution < -0.4 is 0 Å². The molecule has 5 heteroatoms. The number of nitrogens with zero attached hydrogens (tertiary/aromatic N) is 1. The summed E-state index contributed by atoms with van der Waals surface area (Å²) in [5.74, 6) is -0.567. The standard InChI is InChI=1S/C10H5BrClNO2/c11-15-10(14)9-5-7(12)6-3-1-2-4-8(6)13-9/h1-5H. The minimum absolute atomic E-state index is 0.176. The fourth-order valence-electron chi connectivity index (χ4n) is 1.28. The molecule has 0 radical (unpaired) electrons. The van der Waals surface area contributed by atoms with Crippen LogP contribution in [0.2, 0.25) is 5.02 Å². The van der Waals surface area contributed by atoms with Crippen LogP contribution in [0.4, 0.5) is 0 Å². The van der Waals surface area contributed by atoms with E-state index in [1.807, 2.05) is 18.2 Å². The van der Waals surface area contributed by atoms with Crippen molar-refractivity contribution >= 4 is 44.7 Å². The number of fused-ring (bicyclic) bond motifs is 1. The van der Waals surface area contributed by atoms with Crippen LogP contribution in [-0.4, -0.2) is 11.0 Å². The van der Waals surface area contributed by atoms with Crippen molar-refractivity contribution in [3.8, 4) is 0 Å². The molecular weight excluding hydrogens is 281 g/mol. The Bertz CT molecular complexity index is 530. The molecule has 0 amide bonds. The zero-order valence-electron chi connectivity index (χ0n) is 7.41. The van der Waals surface area contributed by atoms with Crippen molar-refractivity contribution in [3.63, 3.8) is 0 Å². The first-order valence-corrected chi connectivity index (χ1v) is 5.13. The first-order chi connectivity index (χ1) is 7.22. The molecule has 1 aromatic carbocycles. The summed E-state index contributed by atoms with van der Waals surface area (Å²) in [6, 6.07) is 8.79. The number of benzene rings is 1. The SMILES string of the molecule is O=C(OBr)c1cc(Cl)c2ccccc2n1. The molecule has 0 fully saturated rings. The molecule has 0 aliphatic rings. The first-order valence-electron chi connectivity index (χ1n) is 4.10. The van der Waals surface area contributed by atoms with Crippen molar-refractivity contribution in [3.05, 3.63) is 41.0 Å². The Balaban J connectivity index is 2.67. The Labute approximate surface area is 99.5 Å². The van der Waals surface area contributed by atoms with E-state index in [1.54, 1.807) is 6.07 Å². The van der Waals surface area contributed by atoms with Crippen LogP contribution in [0.25, 0.3) is 10.9 Å². The average molecular weight is 287 g/mol. The van der Waals surface area contributed by atoms with Crippen LogP contribution >= 0.6 is 27.9 Å². The summed E-state index contributed by atoms with van der Waals surface area (Å²) in [6.07, 6.45) is 0. The number of hydrogen-bond acceptors (Lipinski definition) is 3. The van der Waals surface area contributed by atoms with Gasteiger partial charge >= 0.3 is 5.97 Å². The monoisotopic (exact) mass is 285 g/mol. The molecule has 0 unspecified atom stereocenters. The van der Waals surface area contributed by atoms with Crippen molar-refractivity contribution < 1.29 is 8.62 Å². The summed E-state index contributed by atoms with van der Waals surface area (Å²) >= 11 is 8.61. The van der Waals surface area contributed by atoms with E-state index in [0.29, 0.717) is 10.5 Å². The summed E-state index contributed by atoms with van der Waals surface area (Å²) in [7, 11) is 0. The number of hydrogen-bond donors (Lipinski definition) is 0. The number of para-hydroxylation sites is 1. The van der Waals surface area contributed by atoms with E-state index < -0.39 is 5.97 Å².